The number of amides is 2. The average molecular weight is 321 g/mol. The van der Waals surface area contributed by atoms with E-state index in [0.29, 0.717) is 11.4 Å². The Morgan fingerprint density at radius 1 is 1.04 bits per heavy atom. The van der Waals surface area contributed by atoms with Crippen LogP contribution in [0, 0.1) is 0 Å². The molecule has 0 unspecified atom stereocenters. The Kier molecular flexibility index (Phi) is 4.33. The topological polar surface area (TPSA) is 74.0 Å². The largest absolute Gasteiger partial charge is 0.351 e. The number of anilines is 1. The van der Waals surface area contributed by atoms with Crippen LogP contribution in [0.4, 0.5) is 5.69 Å². The number of hydrogen-bond donors (Lipinski definition) is 3. The van der Waals surface area contributed by atoms with E-state index in [1.807, 2.05) is 61.5 Å². The molecule has 0 fully saturated rings. The zero-order chi connectivity index (χ0) is 17.1. The van der Waals surface area contributed by atoms with Gasteiger partial charge in [-0.15, -0.1) is 0 Å². The predicted molar refractivity (Wildman–Crippen MR) is 94.9 cm³/mol. The van der Waals surface area contributed by atoms with Crippen LogP contribution in [0.1, 0.15) is 35.9 Å². The van der Waals surface area contributed by atoms with Crippen molar-refractivity contribution in [1.29, 1.82) is 0 Å². The number of carbonyl (C=O) groups is 2. The van der Waals surface area contributed by atoms with Gasteiger partial charge in [-0.1, -0.05) is 30.3 Å². The zero-order valence-electron chi connectivity index (χ0n) is 13.6. The van der Waals surface area contributed by atoms with Crippen LogP contribution >= 0.6 is 0 Å². The number of nitrogens with one attached hydrogen (secondary N) is 3. The molecule has 0 aliphatic carbocycles. The summed E-state index contributed by atoms with van der Waals surface area (Å²) in [6.07, 6.45) is 0. The van der Waals surface area contributed by atoms with Gasteiger partial charge in [0.05, 0.1) is 6.04 Å². The first kappa shape index (κ1) is 15.8. The fourth-order valence-electron chi connectivity index (χ4n) is 2.64. The fraction of sp³-hybridized carbons (Fsp3) is 0.158. The van der Waals surface area contributed by atoms with E-state index in [1.165, 1.54) is 6.92 Å². The Bertz CT molecular complexity index is 865. The summed E-state index contributed by atoms with van der Waals surface area (Å²) in [6, 6.07) is 16.9. The summed E-state index contributed by atoms with van der Waals surface area (Å²) < 4.78 is 0. The predicted octanol–water partition coefficient (Wildman–Crippen LogP) is 3.62. The van der Waals surface area contributed by atoms with E-state index in [-0.39, 0.29) is 17.9 Å². The summed E-state index contributed by atoms with van der Waals surface area (Å²) in [5.74, 6) is -0.287. The van der Waals surface area contributed by atoms with E-state index < -0.39 is 0 Å². The number of para-hydroxylation sites is 1. The fourth-order valence-corrected chi connectivity index (χ4v) is 2.64. The van der Waals surface area contributed by atoms with Gasteiger partial charge in [-0.2, -0.15) is 0 Å². The number of H-pyrrole nitrogens is 1. The molecule has 122 valence electrons. The first-order valence-corrected chi connectivity index (χ1v) is 7.79. The number of aromatic nitrogens is 1. The Morgan fingerprint density at radius 2 is 1.83 bits per heavy atom. The van der Waals surface area contributed by atoms with Gasteiger partial charge in [-0.25, -0.2) is 0 Å². The number of fused-ring (bicyclic) bond motifs is 1. The molecule has 3 aromatic rings. The third-order valence-electron chi connectivity index (χ3n) is 3.83. The van der Waals surface area contributed by atoms with E-state index in [0.717, 1.165) is 16.5 Å². The highest BCUT2D eigenvalue weighted by atomic mass is 16.2. The molecule has 24 heavy (non-hydrogen) atoms. The molecule has 0 spiro atoms. The van der Waals surface area contributed by atoms with E-state index in [9.17, 15) is 9.59 Å². The molecule has 0 saturated carbocycles. The summed E-state index contributed by atoms with van der Waals surface area (Å²) in [4.78, 5) is 26.7. The molecule has 2 aromatic carbocycles. The van der Waals surface area contributed by atoms with Crippen LogP contribution in [0.3, 0.4) is 0 Å². The molecule has 1 atom stereocenters. The highest BCUT2D eigenvalue weighted by molar-refractivity contribution is 5.98. The van der Waals surface area contributed by atoms with Crippen LogP contribution in [0.15, 0.2) is 54.6 Å². The Labute approximate surface area is 140 Å². The van der Waals surface area contributed by atoms with Gasteiger partial charge >= 0.3 is 0 Å². The summed E-state index contributed by atoms with van der Waals surface area (Å²) in [5.41, 5.74) is 3.10. The maximum atomic E-state index is 12.4. The Morgan fingerprint density at radius 3 is 2.58 bits per heavy atom. The van der Waals surface area contributed by atoms with Gasteiger partial charge in [0, 0.05) is 23.5 Å². The average Bonchev–Trinajstić information content (AvgIpc) is 2.98. The van der Waals surface area contributed by atoms with Gasteiger partial charge in [-0.05, 0) is 36.8 Å². The molecular formula is C19H19N3O2. The molecular weight excluding hydrogens is 302 g/mol. The zero-order valence-corrected chi connectivity index (χ0v) is 13.6. The maximum absolute atomic E-state index is 12.4. The third kappa shape index (κ3) is 3.46. The van der Waals surface area contributed by atoms with E-state index >= 15 is 0 Å². The molecule has 1 aromatic heterocycles. The van der Waals surface area contributed by atoms with Crippen LogP contribution in [-0.2, 0) is 4.79 Å². The molecule has 3 rings (SSSR count). The first-order valence-electron chi connectivity index (χ1n) is 7.79. The lowest BCUT2D eigenvalue weighted by atomic mass is 10.1. The normalized spacial score (nSPS) is 11.9. The molecule has 0 radical (unpaired) electrons. The number of carbonyl (C=O) groups excluding carboxylic acids is 2. The van der Waals surface area contributed by atoms with Crippen molar-refractivity contribution in [2.75, 3.05) is 5.32 Å². The van der Waals surface area contributed by atoms with E-state index in [2.05, 4.69) is 15.6 Å². The number of rotatable bonds is 4. The lowest BCUT2D eigenvalue weighted by molar-refractivity contribution is -0.114. The molecule has 5 nitrogen and oxygen atoms in total. The Hall–Kier alpha value is -3.08. The molecule has 2 amide bonds. The molecule has 0 aliphatic heterocycles. The van der Waals surface area contributed by atoms with Crippen molar-refractivity contribution >= 4 is 28.4 Å². The van der Waals surface area contributed by atoms with Crippen molar-refractivity contribution in [3.63, 3.8) is 0 Å². The summed E-state index contributed by atoms with van der Waals surface area (Å²) in [5, 5.41) is 6.72. The number of hydrogen-bond acceptors (Lipinski definition) is 2. The highest BCUT2D eigenvalue weighted by Gasteiger charge is 2.14. The van der Waals surface area contributed by atoms with E-state index in [4.69, 9.17) is 0 Å². The second-order valence-corrected chi connectivity index (χ2v) is 5.77. The SMILES string of the molecule is CC(=O)Nc1cccc([C@@H](C)NC(=O)c2cc3ccccc3[nH]2)c1. The van der Waals surface area contributed by atoms with Crippen LogP contribution in [0.5, 0.6) is 0 Å². The van der Waals surface area contributed by atoms with Crippen LogP contribution in [-0.4, -0.2) is 16.8 Å². The van der Waals surface area contributed by atoms with Crippen LogP contribution in [0.25, 0.3) is 10.9 Å². The molecule has 5 heteroatoms. The lowest BCUT2D eigenvalue weighted by Crippen LogP contribution is -2.27. The second kappa shape index (κ2) is 6.58. The van der Waals surface area contributed by atoms with E-state index in [1.54, 1.807) is 0 Å². The summed E-state index contributed by atoms with van der Waals surface area (Å²) in [6.45, 7) is 3.38. The number of benzene rings is 2. The molecule has 1 heterocycles. The van der Waals surface area contributed by atoms with Crippen molar-refractivity contribution in [2.24, 2.45) is 0 Å². The van der Waals surface area contributed by atoms with Gasteiger partial charge in [0.2, 0.25) is 5.91 Å². The molecule has 0 bridgehead atoms. The van der Waals surface area contributed by atoms with Crippen LogP contribution < -0.4 is 10.6 Å². The monoisotopic (exact) mass is 321 g/mol. The standard InChI is InChI=1S/C19H19N3O2/c1-12(14-7-5-8-16(10-14)21-13(2)23)20-19(24)18-11-15-6-3-4-9-17(15)22-18/h3-12,22H,1-2H3,(H,20,24)(H,21,23)/t12-/m1/s1. The first-order chi connectivity index (χ1) is 11.5. The summed E-state index contributed by atoms with van der Waals surface area (Å²) >= 11 is 0. The van der Waals surface area contributed by atoms with Crippen LogP contribution in [0.2, 0.25) is 0 Å². The molecule has 0 aliphatic rings. The van der Waals surface area contributed by atoms with Crippen molar-refractivity contribution < 1.29 is 9.59 Å². The minimum Gasteiger partial charge on any atom is -0.351 e. The lowest BCUT2D eigenvalue weighted by Gasteiger charge is -2.15. The van der Waals surface area contributed by atoms with Gasteiger partial charge < -0.3 is 15.6 Å². The van der Waals surface area contributed by atoms with Gasteiger partial charge in [0.1, 0.15) is 5.69 Å². The smallest absolute Gasteiger partial charge is 0.268 e. The number of aromatic amines is 1. The minimum absolute atomic E-state index is 0.123. The Balaban J connectivity index is 1.75. The van der Waals surface area contributed by atoms with Crippen molar-refractivity contribution in [3.05, 3.63) is 65.9 Å². The van der Waals surface area contributed by atoms with Crippen molar-refractivity contribution in [1.82, 2.24) is 10.3 Å². The summed E-state index contributed by atoms with van der Waals surface area (Å²) in [7, 11) is 0. The third-order valence-corrected chi connectivity index (χ3v) is 3.83. The maximum Gasteiger partial charge on any atom is 0.268 e. The molecule has 0 saturated heterocycles. The van der Waals surface area contributed by atoms with Gasteiger partial charge in [-0.3, -0.25) is 9.59 Å². The van der Waals surface area contributed by atoms with Crippen molar-refractivity contribution in [2.45, 2.75) is 19.9 Å². The van der Waals surface area contributed by atoms with Gasteiger partial charge in [0.25, 0.3) is 5.91 Å². The van der Waals surface area contributed by atoms with Gasteiger partial charge in [0.15, 0.2) is 0 Å². The highest BCUT2D eigenvalue weighted by Crippen LogP contribution is 2.19. The quantitative estimate of drug-likeness (QED) is 0.686. The second-order valence-electron chi connectivity index (χ2n) is 5.77. The molecule has 3 N–H and O–H groups in total. The van der Waals surface area contributed by atoms with Crippen molar-refractivity contribution in [3.8, 4) is 0 Å². The minimum atomic E-state index is -0.183.